The summed E-state index contributed by atoms with van der Waals surface area (Å²) in [6, 6.07) is 3.62. The van der Waals surface area contributed by atoms with Crippen LogP contribution in [0.15, 0.2) is 31.0 Å². The molecule has 40 heavy (non-hydrogen) atoms. The lowest BCUT2D eigenvalue weighted by Gasteiger charge is -2.25. The lowest BCUT2D eigenvalue weighted by atomic mass is 9.97. The number of ether oxygens (including phenoxy) is 4. The van der Waals surface area contributed by atoms with Crippen molar-refractivity contribution in [2.45, 2.75) is 31.3 Å². The van der Waals surface area contributed by atoms with E-state index in [0.717, 1.165) is 18.2 Å². The van der Waals surface area contributed by atoms with Gasteiger partial charge >= 0.3 is 0 Å². The number of carbonyl (C=O) groups is 1. The summed E-state index contributed by atoms with van der Waals surface area (Å²) in [5.74, 6) is 2.35. The molecule has 0 spiro atoms. The predicted molar refractivity (Wildman–Crippen MR) is 155 cm³/mol. The van der Waals surface area contributed by atoms with E-state index < -0.39 is 0 Å². The van der Waals surface area contributed by atoms with Crippen LogP contribution in [0.1, 0.15) is 19.3 Å². The molecule has 2 atom stereocenters. The summed E-state index contributed by atoms with van der Waals surface area (Å²) in [7, 11) is 3.03. The number of carbonyl (C=O) groups excluding carboxylic acids is 1. The van der Waals surface area contributed by atoms with Gasteiger partial charge in [0.25, 0.3) is 0 Å². The topological polar surface area (TPSA) is 117 Å². The Morgan fingerprint density at radius 3 is 2.48 bits per heavy atom. The lowest BCUT2D eigenvalue weighted by molar-refractivity contribution is -0.115. The van der Waals surface area contributed by atoms with Crippen molar-refractivity contribution < 1.29 is 23.7 Å². The Hall–Kier alpha value is -3.18. The number of ketones is 1. The molecule has 2 aromatic heterocycles. The first-order chi connectivity index (χ1) is 19.4. The van der Waals surface area contributed by atoms with Crippen molar-refractivity contribution in [3.63, 3.8) is 0 Å². The number of nitrogens with one attached hydrogen (secondary N) is 2. The molecule has 212 valence electrons. The Labute approximate surface area is 242 Å². The maximum absolute atomic E-state index is 12.0. The minimum absolute atomic E-state index is 0.0101. The summed E-state index contributed by atoms with van der Waals surface area (Å²) in [6.45, 7) is 5.89. The summed E-state index contributed by atoms with van der Waals surface area (Å²) in [5.41, 5.74) is 0.997. The van der Waals surface area contributed by atoms with Crippen LogP contribution in [0.2, 0.25) is 10.0 Å². The molecule has 2 N–H and O–H groups in total. The summed E-state index contributed by atoms with van der Waals surface area (Å²) < 4.78 is 22.1. The molecule has 0 bridgehead atoms. The second-order valence-corrected chi connectivity index (χ2v) is 10.5. The molecule has 4 heterocycles. The largest absolute Gasteiger partial charge is 0.495 e. The molecule has 0 radical (unpaired) electrons. The van der Waals surface area contributed by atoms with Crippen molar-refractivity contribution >= 4 is 51.5 Å². The van der Waals surface area contributed by atoms with Crippen LogP contribution in [0.25, 0.3) is 22.3 Å². The predicted octanol–water partition coefficient (Wildman–Crippen LogP) is 5.18. The van der Waals surface area contributed by atoms with Gasteiger partial charge in [-0.1, -0.05) is 29.8 Å². The number of pyridine rings is 1. The molecule has 2 aliphatic heterocycles. The second-order valence-electron chi connectivity index (χ2n) is 9.72. The molecule has 5 rings (SSSR count). The third kappa shape index (κ3) is 5.95. The van der Waals surface area contributed by atoms with E-state index in [9.17, 15) is 4.79 Å². The Morgan fingerprint density at radius 2 is 1.80 bits per heavy atom. The van der Waals surface area contributed by atoms with Gasteiger partial charge in [-0.25, -0.2) is 15.0 Å². The number of nitrogens with zero attached hydrogens (tertiary/aromatic N) is 3. The van der Waals surface area contributed by atoms with Crippen LogP contribution >= 0.6 is 23.2 Å². The van der Waals surface area contributed by atoms with Gasteiger partial charge in [0.05, 0.1) is 60.8 Å². The fourth-order valence-electron chi connectivity index (χ4n) is 4.94. The van der Waals surface area contributed by atoms with Gasteiger partial charge in [-0.2, -0.15) is 0 Å². The van der Waals surface area contributed by atoms with Crippen molar-refractivity contribution in [2.24, 2.45) is 5.92 Å². The molecular formula is C28H31Cl2N5O5. The highest BCUT2D eigenvalue weighted by Crippen LogP contribution is 2.45. The Kier molecular flexibility index (Phi) is 8.90. The van der Waals surface area contributed by atoms with Gasteiger partial charge in [0, 0.05) is 43.0 Å². The molecular weight excluding hydrogens is 557 g/mol. The number of fused-ring (bicyclic) bond motifs is 1. The Bertz CT molecular complexity index is 1390. The van der Waals surface area contributed by atoms with E-state index in [1.165, 1.54) is 20.3 Å². The number of halogens is 2. The number of methoxy groups -OCH3 is 2. The molecule has 10 nitrogen and oxygen atoms in total. The van der Waals surface area contributed by atoms with E-state index in [1.54, 1.807) is 12.3 Å². The van der Waals surface area contributed by atoms with E-state index in [2.05, 4.69) is 22.2 Å². The second kappa shape index (κ2) is 12.6. The van der Waals surface area contributed by atoms with Crippen LogP contribution in [0.3, 0.4) is 0 Å². The highest BCUT2D eigenvalue weighted by Gasteiger charge is 2.30. The summed E-state index contributed by atoms with van der Waals surface area (Å²) >= 11 is 13.4. The molecule has 2 fully saturated rings. The van der Waals surface area contributed by atoms with Gasteiger partial charge in [-0.15, -0.1) is 0 Å². The van der Waals surface area contributed by atoms with Crippen molar-refractivity contribution in [1.29, 1.82) is 0 Å². The molecule has 2 saturated heterocycles. The molecule has 0 unspecified atom stereocenters. The molecule has 3 aromatic rings. The number of anilines is 2. The van der Waals surface area contributed by atoms with Crippen LogP contribution in [0, 0.1) is 5.92 Å². The summed E-state index contributed by atoms with van der Waals surface area (Å²) in [4.78, 5) is 26.3. The standard InChI is InChI=1S/C28H31Cl2N5O5/c1-4-17(36)9-15-13-40-14-20(15)33-23-10-18-19(12-31-23)34-28(35-27(18)32-16-5-7-39-8-6-16)24-25(29)21(37-2)11-22(38-3)26(24)30/h4,10-12,15-16,20H,1,5-9,13-14H2,2-3H3,(H,31,33)(H,32,34,35)/t15-,20+/m0/s1. The maximum atomic E-state index is 12.0. The maximum Gasteiger partial charge on any atom is 0.165 e. The van der Waals surface area contributed by atoms with E-state index >= 15 is 0 Å². The molecule has 0 saturated carbocycles. The molecule has 0 aliphatic carbocycles. The van der Waals surface area contributed by atoms with E-state index in [4.69, 9.17) is 52.1 Å². The number of benzene rings is 1. The third-order valence-electron chi connectivity index (χ3n) is 7.16. The molecule has 12 heteroatoms. The fourth-order valence-corrected chi connectivity index (χ4v) is 5.61. The van der Waals surface area contributed by atoms with Gasteiger partial charge in [0.2, 0.25) is 0 Å². The highest BCUT2D eigenvalue weighted by molar-refractivity contribution is 6.41. The first-order valence-electron chi connectivity index (χ1n) is 13.0. The van der Waals surface area contributed by atoms with E-state index in [-0.39, 0.29) is 33.8 Å². The van der Waals surface area contributed by atoms with Crippen molar-refractivity contribution in [3.05, 3.63) is 41.0 Å². The average molecular weight is 588 g/mol. The number of rotatable bonds is 10. The number of hydrogen-bond donors (Lipinski definition) is 2. The SMILES string of the molecule is C=CC(=O)C[C@H]1COC[C@H]1Nc1cc2c(NC3CCOCC3)nc(-c3c(Cl)c(OC)cc(OC)c3Cl)nc2cn1. The quantitative estimate of drug-likeness (QED) is 0.307. The number of hydrogen-bond acceptors (Lipinski definition) is 10. The number of aromatic nitrogens is 3. The van der Waals surface area contributed by atoms with Crippen LogP contribution < -0.4 is 20.1 Å². The smallest absolute Gasteiger partial charge is 0.165 e. The van der Waals surface area contributed by atoms with Gasteiger partial charge in [0.15, 0.2) is 11.6 Å². The van der Waals surface area contributed by atoms with Crippen LogP contribution in [0.5, 0.6) is 11.5 Å². The third-order valence-corrected chi connectivity index (χ3v) is 7.91. The van der Waals surface area contributed by atoms with Gasteiger partial charge in [-0.3, -0.25) is 4.79 Å². The van der Waals surface area contributed by atoms with Crippen molar-refractivity contribution in [2.75, 3.05) is 51.3 Å². The summed E-state index contributed by atoms with van der Waals surface area (Å²) in [5, 5.41) is 8.34. The van der Waals surface area contributed by atoms with E-state index in [1.807, 2.05) is 6.07 Å². The fraction of sp³-hybridized carbons (Fsp3) is 0.429. The zero-order chi connectivity index (χ0) is 28.2. The van der Waals surface area contributed by atoms with Gasteiger partial charge in [-0.05, 0) is 25.0 Å². The number of allylic oxidation sites excluding steroid dienone is 1. The van der Waals surface area contributed by atoms with Crippen LogP contribution in [-0.4, -0.2) is 73.5 Å². The summed E-state index contributed by atoms with van der Waals surface area (Å²) in [6.07, 6.45) is 5.07. The molecule has 1 aromatic carbocycles. The minimum atomic E-state index is -0.0668. The minimum Gasteiger partial charge on any atom is -0.495 e. The van der Waals surface area contributed by atoms with Crippen molar-refractivity contribution in [1.82, 2.24) is 15.0 Å². The van der Waals surface area contributed by atoms with Gasteiger partial charge in [0.1, 0.15) is 23.1 Å². The average Bonchev–Trinajstić information content (AvgIpc) is 3.40. The van der Waals surface area contributed by atoms with Gasteiger partial charge < -0.3 is 29.6 Å². The highest BCUT2D eigenvalue weighted by atomic mass is 35.5. The first kappa shape index (κ1) is 28.4. The van der Waals surface area contributed by atoms with E-state index in [0.29, 0.717) is 72.9 Å². The van der Waals surface area contributed by atoms with Crippen LogP contribution in [0.4, 0.5) is 11.6 Å². The zero-order valence-corrected chi connectivity index (χ0v) is 23.8. The molecule has 2 aliphatic rings. The van der Waals surface area contributed by atoms with Crippen molar-refractivity contribution in [3.8, 4) is 22.9 Å². The Morgan fingerprint density at radius 1 is 1.07 bits per heavy atom. The normalized spacial score (nSPS) is 19.4. The molecule has 0 amide bonds. The first-order valence-corrected chi connectivity index (χ1v) is 13.8. The lowest BCUT2D eigenvalue weighted by Crippen LogP contribution is -2.29. The zero-order valence-electron chi connectivity index (χ0n) is 22.3. The monoisotopic (exact) mass is 587 g/mol. The Balaban J connectivity index is 1.56. The van der Waals surface area contributed by atoms with Crippen LogP contribution in [-0.2, 0) is 14.3 Å².